The summed E-state index contributed by atoms with van der Waals surface area (Å²) in [6.07, 6.45) is 2.00. The van der Waals surface area contributed by atoms with Crippen LogP contribution in [-0.4, -0.2) is 38.1 Å². The van der Waals surface area contributed by atoms with Crippen molar-refractivity contribution >= 4 is 41.5 Å². The molecular weight excluding hydrogens is 498 g/mol. The van der Waals surface area contributed by atoms with E-state index >= 15 is 0 Å². The van der Waals surface area contributed by atoms with Gasteiger partial charge < -0.3 is 20.7 Å². The number of hydrogen-bond donors (Lipinski definition) is 3. The van der Waals surface area contributed by atoms with E-state index in [2.05, 4.69) is 20.9 Å². The predicted molar refractivity (Wildman–Crippen MR) is 128 cm³/mol. The van der Waals surface area contributed by atoms with E-state index in [0.29, 0.717) is 26.1 Å². The Morgan fingerprint density at radius 2 is 1.97 bits per heavy atom. The third-order valence-corrected chi connectivity index (χ3v) is 4.56. The second-order valence-corrected chi connectivity index (χ2v) is 6.78. The Morgan fingerprint density at radius 3 is 2.73 bits per heavy atom. The lowest BCUT2D eigenvalue weighted by Crippen LogP contribution is -2.39. The first-order valence-electron chi connectivity index (χ1n) is 9.96. The van der Waals surface area contributed by atoms with Crippen molar-refractivity contribution in [2.45, 2.75) is 26.2 Å². The number of anilines is 1. The zero-order valence-electron chi connectivity index (χ0n) is 17.0. The third-order valence-electron chi connectivity index (χ3n) is 4.56. The van der Waals surface area contributed by atoms with Crippen LogP contribution in [0.3, 0.4) is 0 Å². The van der Waals surface area contributed by atoms with Gasteiger partial charge in [-0.05, 0) is 61.2 Å². The standard InChI is InChI=1S/C22H27FN4O2.HI/c1-2-24-22(25-12-11-16-3-6-18(23)7-4-16)26-13-14-29-19-8-9-20-17(15-19)5-10-21(28)27-20;/h3-4,6-9,15H,2,5,10-14H2,1H3,(H,27,28)(H2,24,25,26);1H. The number of aryl methyl sites for hydroxylation is 1. The van der Waals surface area contributed by atoms with Crippen molar-refractivity contribution in [1.82, 2.24) is 10.6 Å². The number of nitrogens with one attached hydrogen (secondary N) is 3. The lowest BCUT2D eigenvalue weighted by molar-refractivity contribution is -0.116. The molecule has 0 fully saturated rings. The van der Waals surface area contributed by atoms with E-state index < -0.39 is 0 Å². The summed E-state index contributed by atoms with van der Waals surface area (Å²) in [7, 11) is 0. The summed E-state index contributed by atoms with van der Waals surface area (Å²) in [4.78, 5) is 16.0. The molecule has 1 heterocycles. The average Bonchev–Trinajstić information content (AvgIpc) is 2.72. The van der Waals surface area contributed by atoms with Crippen LogP contribution >= 0.6 is 24.0 Å². The number of nitrogens with zero attached hydrogens (tertiary/aromatic N) is 1. The second kappa shape index (κ2) is 12.4. The summed E-state index contributed by atoms with van der Waals surface area (Å²) in [5.74, 6) is 1.35. The maximum absolute atomic E-state index is 13.0. The van der Waals surface area contributed by atoms with Gasteiger partial charge in [0.15, 0.2) is 5.96 Å². The quantitative estimate of drug-likeness (QED) is 0.213. The summed E-state index contributed by atoms with van der Waals surface area (Å²) in [6, 6.07) is 12.2. The van der Waals surface area contributed by atoms with Crippen molar-refractivity contribution in [2.75, 3.05) is 31.6 Å². The molecule has 1 aliphatic heterocycles. The number of rotatable bonds is 8. The number of fused-ring (bicyclic) bond motifs is 1. The van der Waals surface area contributed by atoms with Crippen LogP contribution in [0.15, 0.2) is 47.5 Å². The topological polar surface area (TPSA) is 74.8 Å². The highest BCUT2D eigenvalue weighted by Gasteiger charge is 2.14. The van der Waals surface area contributed by atoms with Crippen molar-refractivity contribution in [3.63, 3.8) is 0 Å². The maximum Gasteiger partial charge on any atom is 0.224 e. The van der Waals surface area contributed by atoms with Crippen LogP contribution < -0.4 is 20.7 Å². The summed E-state index contributed by atoms with van der Waals surface area (Å²) in [5.41, 5.74) is 3.03. The van der Waals surface area contributed by atoms with Gasteiger partial charge in [0.25, 0.3) is 0 Å². The lowest BCUT2D eigenvalue weighted by atomic mass is 10.0. The van der Waals surface area contributed by atoms with Crippen molar-refractivity contribution in [2.24, 2.45) is 4.99 Å². The Hall–Kier alpha value is -2.36. The lowest BCUT2D eigenvalue weighted by Gasteiger charge is -2.18. The van der Waals surface area contributed by atoms with Crippen LogP contribution in [0.1, 0.15) is 24.5 Å². The van der Waals surface area contributed by atoms with Gasteiger partial charge in [-0.1, -0.05) is 12.1 Å². The van der Waals surface area contributed by atoms with Gasteiger partial charge in [-0.3, -0.25) is 9.79 Å². The fourth-order valence-corrected chi connectivity index (χ4v) is 3.08. The zero-order chi connectivity index (χ0) is 20.5. The van der Waals surface area contributed by atoms with E-state index in [-0.39, 0.29) is 35.7 Å². The molecule has 3 rings (SSSR count). The molecule has 6 nitrogen and oxygen atoms in total. The molecule has 2 aromatic carbocycles. The molecule has 0 aromatic heterocycles. The molecule has 3 N–H and O–H groups in total. The molecular formula is C22H28FIN4O2. The normalized spacial score (nSPS) is 13.0. The molecule has 0 bridgehead atoms. The number of aliphatic imine (C=N–C) groups is 1. The first-order chi connectivity index (χ1) is 14.1. The van der Waals surface area contributed by atoms with Gasteiger partial charge in [-0.2, -0.15) is 0 Å². The molecule has 1 amide bonds. The number of amides is 1. The third kappa shape index (κ3) is 7.47. The number of carbonyl (C=O) groups is 1. The van der Waals surface area contributed by atoms with Crippen molar-refractivity contribution in [3.8, 4) is 5.75 Å². The van der Waals surface area contributed by atoms with Crippen LogP contribution in [0.25, 0.3) is 0 Å². The number of hydrogen-bond acceptors (Lipinski definition) is 3. The Bertz CT molecular complexity index is 859. The Kier molecular flexibility index (Phi) is 9.85. The number of guanidine groups is 1. The summed E-state index contributed by atoms with van der Waals surface area (Å²) >= 11 is 0. The Balaban J connectivity index is 0.00000320. The molecule has 30 heavy (non-hydrogen) atoms. The van der Waals surface area contributed by atoms with Crippen molar-refractivity contribution < 1.29 is 13.9 Å². The largest absolute Gasteiger partial charge is 0.492 e. The molecule has 0 radical (unpaired) electrons. The Morgan fingerprint density at radius 1 is 1.17 bits per heavy atom. The molecule has 162 valence electrons. The number of ether oxygens (including phenoxy) is 1. The van der Waals surface area contributed by atoms with Gasteiger partial charge in [0.05, 0.1) is 6.54 Å². The smallest absolute Gasteiger partial charge is 0.224 e. The van der Waals surface area contributed by atoms with E-state index in [4.69, 9.17) is 4.74 Å². The summed E-state index contributed by atoms with van der Waals surface area (Å²) in [5, 5.41) is 9.32. The zero-order valence-corrected chi connectivity index (χ0v) is 19.4. The van der Waals surface area contributed by atoms with Crippen LogP contribution in [0.4, 0.5) is 10.1 Å². The average molecular weight is 526 g/mol. The van der Waals surface area contributed by atoms with Gasteiger partial charge >= 0.3 is 0 Å². The molecule has 0 atom stereocenters. The monoisotopic (exact) mass is 526 g/mol. The van der Waals surface area contributed by atoms with Gasteiger partial charge in [-0.25, -0.2) is 4.39 Å². The highest BCUT2D eigenvalue weighted by Crippen LogP contribution is 2.26. The minimum atomic E-state index is -0.226. The van der Waals surface area contributed by atoms with Crippen molar-refractivity contribution in [1.29, 1.82) is 0 Å². The van der Waals surface area contributed by atoms with E-state index in [1.165, 1.54) is 12.1 Å². The molecule has 0 saturated heterocycles. The maximum atomic E-state index is 13.0. The minimum absolute atomic E-state index is 0. The van der Waals surface area contributed by atoms with Gasteiger partial charge in [-0.15, -0.1) is 24.0 Å². The number of benzene rings is 2. The first kappa shape index (κ1) is 23.9. The molecule has 0 unspecified atom stereocenters. The van der Waals surface area contributed by atoms with Crippen LogP contribution in [0.2, 0.25) is 0 Å². The van der Waals surface area contributed by atoms with Gasteiger partial charge in [0.2, 0.25) is 5.91 Å². The van der Waals surface area contributed by atoms with Crippen LogP contribution in [0, 0.1) is 5.82 Å². The van der Waals surface area contributed by atoms with Gasteiger partial charge in [0.1, 0.15) is 18.2 Å². The van der Waals surface area contributed by atoms with Gasteiger partial charge in [0, 0.05) is 25.2 Å². The van der Waals surface area contributed by atoms with E-state index in [9.17, 15) is 9.18 Å². The highest BCUT2D eigenvalue weighted by molar-refractivity contribution is 14.0. The molecule has 0 spiro atoms. The molecule has 1 aliphatic rings. The Labute approximate surface area is 193 Å². The van der Waals surface area contributed by atoms with Crippen molar-refractivity contribution in [3.05, 3.63) is 59.4 Å². The van der Waals surface area contributed by atoms with E-state index in [0.717, 1.165) is 47.9 Å². The molecule has 8 heteroatoms. The fraction of sp³-hybridized carbons (Fsp3) is 0.364. The predicted octanol–water partition coefficient (Wildman–Crippen LogP) is 3.51. The van der Waals surface area contributed by atoms with E-state index in [1.807, 2.05) is 25.1 Å². The summed E-state index contributed by atoms with van der Waals surface area (Å²) < 4.78 is 18.8. The second-order valence-electron chi connectivity index (χ2n) is 6.78. The number of halogens is 2. The molecule has 2 aromatic rings. The highest BCUT2D eigenvalue weighted by atomic mass is 127. The van der Waals surface area contributed by atoms with E-state index in [1.54, 1.807) is 12.1 Å². The van der Waals surface area contributed by atoms with Crippen LogP contribution in [0.5, 0.6) is 5.75 Å². The minimum Gasteiger partial charge on any atom is -0.492 e. The molecule has 0 saturated carbocycles. The first-order valence-corrected chi connectivity index (χ1v) is 9.96. The molecule has 0 aliphatic carbocycles. The summed E-state index contributed by atoms with van der Waals surface area (Å²) in [6.45, 7) is 4.49. The SMILES string of the molecule is CCNC(=NCCc1ccc(F)cc1)NCCOc1ccc2c(c1)CCC(=O)N2.I. The fourth-order valence-electron chi connectivity index (χ4n) is 3.08. The van der Waals surface area contributed by atoms with Crippen LogP contribution in [-0.2, 0) is 17.6 Å². The number of carbonyl (C=O) groups excluding carboxylic acids is 1.